The van der Waals surface area contributed by atoms with Crippen LogP contribution in [-0.2, 0) is 6.42 Å². The van der Waals surface area contributed by atoms with E-state index in [4.69, 9.17) is 11.2 Å². The zero-order valence-electron chi connectivity index (χ0n) is 9.29. The molecule has 1 N–H and O–H groups in total. The van der Waals surface area contributed by atoms with Crippen LogP contribution in [0, 0.1) is 12.3 Å². The fraction of sp³-hybridized carbons (Fsp3) is 0.385. The average molecular weight is 203 g/mol. The molecule has 80 valence electrons. The van der Waals surface area contributed by atoms with E-state index in [1.165, 1.54) is 5.56 Å². The number of hydrogen-bond acceptors (Lipinski definition) is 2. The molecule has 1 unspecified atom stereocenters. The summed E-state index contributed by atoms with van der Waals surface area (Å²) in [6.45, 7) is 2.72. The highest BCUT2D eigenvalue weighted by atomic mass is 16.5. The summed E-state index contributed by atoms with van der Waals surface area (Å²) in [5, 5.41) is 3.24. The first-order valence-electron chi connectivity index (χ1n) is 5.06. The molecule has 0 aliphatic heterocycles. The Kier molecular flexibility index (Phi) is 4.73. The van der Waals surface area contributed by atoms with Gasteiger partial charge < -0.3 is 10.1 Å². The molecule has 0 saturated heterocycles. The third kappa shape index (κ3) is 3.65. The van der Waals surface area contributed by atoms with Gasteiger partial charge in [0.25, 0.3) is 0 Å². The maximum atomic E-state index is 5.28. The van der Waals surface area contributed by atoms with E-state index < -0.39 is 0 Å². The van der Waals surface area contributed by atoms with Crippen molar-refractivity contribution >= 4 is 0 Å². The van der Waals surface area contributed by atoms with Crippen LogP contribution >= 0.6 is 0 Å². The molecule has 1 atom stereocenters. The lowest BCUT2D eigenvalue weighted by molar-refractivity contribution is 0.406. The normalized spacial score (nSPS) is 11.8. The van der Waals surface area contributed by atoms with Crippen LogP contribution in [0.25, 0.3) is 0 Å². The second kappa shape index (κ2) is 6.10. The summed E-state index contributed by atoms with van der Waals surface area (Å²) in [5.74, 6) is 3.51. The molecule has 0 aliphatic carbocycles. The molecule has 2 heteroatoms. The number of rotatable bonds is 5. The maximum Gasteiger partial charge on any atom is 0.122 e. The Labute approximate surface area is 91.6 Å². The van der Waals surface area contributed by atoms with Crippen molar-refractivity contribution in [3.8, 4) is 18.1 Å². The Hall–Kier alpha value is -1.46. The fourth-order valence-corrected chi connectivity index (χ4v) is 1.51. The molecule has 0 fully saturated rings. The second-order valence-electron chi connectivity index (χ2n) is 3.50. The molecule has 1 rings (SSSR count). The molecular formula is C13H17NO. The number of ether oxygens (including phenoxy) is 1. The molecular weight excluding hydrogens is 186 g/mol. The van der Waals surface area contributed by atoms with E-state index in [0.29, 0.717) is 12.6 Å². The van der Waals surface area contributed by atoms with Gasteiger partial charge in [0, 0.05) is 6.04 Å². The molecule has 0 radical (unpaired) electrons. The van der Waals surface area contributed by atoms with Crippen LogP contribution in [0.4, 0.5) is 0 Å². The Balaban J connectivity index is 2.59. The average Bonchev–Trinajstić information content (AvgIpc) is 2.27. The van der Waals surface area contributed by atoms with Crippen molar-refractivity contribution in [3.63, 3.8) is 0 Å². The SMILES string of the molecule is C#CCNC(C)Cc1ccccc1OC. The third-order valence-corrected chi connectivity index (χ3v) is 2.27. The number of para-hydroxylation sites is 1. The van der Waals surface area contributed by atoms with Gasteiger partial charge in [0.15, 0.2) is 0 Å². The third-order valence-electron chi connectivity index (χ3n) is 2.27. The summed E-state index contributed by atoms with van der Waals surface area (Å²) in [6.07, 6.45) is 6.11. The Bertz CT molecular complexity index is 341. The molecule has 15 heavy (non-hydrogen) atoms. The monoisotopic (exact) mass is 203 g/mol. The maximum absolute atomic E-state index is 5.28. The minimum Gasteiger partial charge on any atom is -0.496 e. The predicted molar refractivity (Wildman–Crippen MR) is 63.0 cm³/mol. The number of methoxy groups -OCH3 is 1. The number of terminal acetylenes is 1. The lowest BCUT2D eigenvalue weighted by Gasteiger charge is -2.14. The van der Waals surface area contributed by atoms with Crippen molar-refractivity contribution in [1.82, 2.24) is 5.32 Å². The van der Waals surface area contributed by atoms with E-state index in [-0.39, 0.29) is 0 Å². The molecule has 0 heterocycles. The summed E-state index contributed by atoms with van der Waals surface area (Å²) in [6, 6.07) is 8.40. The summed E-state index contributed by atoms with van der Waals surface area (Å²) in [7, 11) is 1.69. The van der Waals surface area contributed by atoms with Crippen LogP contribution in [0.2, 0.25) is 0 Å². The number of hydrogen-bond donors (Lipinski definition) is 1. The van der Waals surface area contributed by atoms with Crippen molar-refractivity contribution in [2.75, 3.05) is 13.7 Å². The highest BCUT2D eigenvalue weighted by Gasteiger charge is 2.06. The van der Waals surface area contributed by atoms with Crippen molar-refractivity contribution in [1.29, 1.82) is 0 Å². The highest BCUT2D eigenvalue weighted by Crippen LogP contribution is 2.18. The number of nitrogens with one attached hydrogen (secondary N) is 1. The molecule has 2 nitrogen and oxygen atoms in total. The molecule has 0 spiro atoms. The van der Waals surface area contributed by atoms with Crippen LogP contribution in [0.15, 0.2) is 24.3 Å². The first-order valence-corrected chi connectivity index (χ1v) is 5.06. The van der Waals surface area contributed by atoms with E-state index >= 15 is 0 Å². The van der Waals surface area contributed by atoms with Gasteiger partial charge in [0.2, 0.25) is 0 Å². The van der Waals surface area contributed by atoms with Gasteiger partial charge in [-0.3, -0.25) is 0 Å². The highest BCUT2D eigenvalue weighted by molar-refractivity contribution is 5.33. The van der Waals surface area contributed by atoms with Crippen LogP contribution in [0.5, 0.6) is 5.75 Å². The Morgan fingerprint density at radius 2 is 2.20 bits per heavy atom. The number of benzene rings is 1. The molecule has 0 bridgehead atoms. The van der Waals surface area contributed by atoms with Crippen molar-refractivity contribution in [2.45, 2.75) is 19.4 Å². The van der Waals surface area contributed by atoms with E-state index in [2.05, 4.69) is 24.2 Å². The van der Waals surface area contributed by atoms with Gasteiger partial charge in [-0.2, -0.15) is 0 Å². The van der Waals surface area contributed by atoms with Gasteiger partial charge in [0.05, 0.1) is 13.7 Å². The minimum atomic E-state index is 0.359. The van der Waals surface area contributed by atoms with Gasteiger partial charge in [-0.25, -0.2) is 0 Å². The molecule has 0 aliphatic rings. The van der Waals surface area contributed by atoms with E-state index in [1.807, 2.05) is 18.2 Å². The van der Waals surface area contributed by atoms with Crippen LogP contribution in [0.3, 0.4) is 0 Å². The summed E-state index contributed by atoms with van der Waals surface area (Å²) >= 11 is 0. The van der Waals surface area contributed by atoms with Crippen LogP contribution in [0.1, 0.15) is 12.5 Å². The van der Waals surface area contributed by atoms with Gasteiger partial charge in [-0.05, 0) is 25.0 Å². The van der Waals surface area contributed by atoms with E-state index in [9.17, 15) is 0 Å². The van der Waals surface area contributed by atoms with Gasteiger partial charge >= 0.3 is 0 Å². The predicted octanol–water partition coefficient (Wildman–Crippen LogP) is 1.85. The lowest BCUT2D eigenvalue weighted by Crippen LogP contribution is -2.28. The van der Waals surface area contributed by atoms with E-state index in [1.54, 1.807) is 7.11 Å². The zero-order chi connectivity index (χ0) is 11.1. The fourth-order valence-electron chi connectivity index (χ4n) is 1.51. The second-order valence-corrected chi connectivity index (χ2v) is 3.50. The quantitative estimate of drug-likeness (QED) is 0.737. The largest absolute Gasteiger partial charge is 0.496 e. The van der Waals surface area contributed by atoms with Gasteiger partial charge in [-0.1, -0.05) is 24.1 Å². The van der Waals surface area contributed by atoms with E-state index in [0.717, 1.165) is 12.2 Å². The Morgan fingerprint density at radius 1 is 1.47 bits per heavy atom. The van der Waals surface area contributed by atoms with Crippen molar-refractivity contribution in [2.24, 2.45) is 0 Å². The first-order chi connectivity index (χ1) is 7.27. The summed E-state index contributed by atoms with van der Waals surface area (Å²) < 4.78 is 5.28. The lowest BCUT2D eigenvalue weighted by atomic mass is 10.1. The van der Waals surface area contributed by atoms with Crippen LogP contribution < -0.4 is 10.1 Å². The summed E-state index contributed by atoms with van der Waals surface area (Å²) in [5.41, 5.74) is 1.21. The van der Waals surface area contributed by atoms with Crippen molar-refractivity contribution < 1.29 is 4.74 Å². The van der Waals surface area contributed by atoms with Gasteiger partial charge in [-0.15, -0.1) is 6.42 Å². The van der Waals surface area contributed by atoms with Crippen LogP contribution in [-0.4, -0.2) is 19.7 Å². The molecule has 0 aromatic heterocycles. The van der Waals surface area contributed by atoms with Crippen molar-refractivity contribution in [3.05, 3.63) is 29.8 Å². The van der Waals surface area contributed by atoms with Gasteiger partial charge in [0.1, 0.15) is 5.75 Å². The molecule has 1 aromatic carbocycles. The zero-order valence-corrected chi connectivity index (χ0v) is 9.29. The minimum absolute atomic E-state index is 0.359. The molecule has 0 amide bonds. The standard InChI is InChI=1S/C13H17NO/c1-4-9-14-11(2)10-12-7-5-6-8-13(12)15-3/h1,5-8,11,14H,9-10H2,2-3H3. The smallest absolute Gasteiger partial charge is 0.122 e. The molecule has 1 aromatic rings. The first kappa shape index (κ1) is 11.6. The molecule has 0 saturated carbocycles. The summed E-state index contributed by atoms with van der Waals surface area (Å²) in [4.78, 5) is 0. The Morgan fingerprint density at radius 3 is 2.87 bits per heavy atom. The topological polar surface area (TPSA) is 21.3 Å².